The summed E-state index contributed by atoms with van der Waals surface area (Å²) in [6, 6.07) is 6.29. The van der Waals surface area contributed by atoms with Gasteiger partial charge >= 0.3 is 6.36 Å². The quantitative estimate of drug-likeness (QED) is 0.894. The van der Waals surface area contributed by atoms with Gasteiger partial charge in [-0.1, -0.05) is 23.7 Å². The minimum absolute atomic E-state index is 0.0852. The molecule has 0 unspecified atom stereocenters. The van der Waals surface area contributed by atoms with Crippen LogP contribution in [-0.2, 0) is 6.54 Å². The van der Waals surface area contributed by atoms with Crippen molar-refractivity contribution in [1.82, 2.24) is 10.3 Å². The van der Waals surface area contributed by atoms with Crippen molar-refractivity contribution in [3.8, 4) is 5.75 Å². The molecule has 0 saturated heterocycles. The van der Waals surface area contributed by atoms with Crippen LogP contribution in [0, 0.1) is 0 Å². The molecule has 0 aliphatic heterocycles. The molecule has 2 N–H and O–H groups in total. The SMILES string of the molecule is O=C(NCc1ccc(OC(F)(F)F)cc1)c1c[nH]c(=O)c(Cl)c1. The summed E-state index contributed by atoms with van der Waals surface area (Å²) in [6.45, 7) is 0.0852. The smallest absolute Gasteiger partial charge is 0.406 e. The highest BCUT2D eigenvalue weighted by molar-refractivity contribution is 6.30. The van der Waals surface area contributed by atoms with E-state index in [2.05, 4.69) is 15.0 Å². The number of hydrogen-bond donors (Lipinski definition) is 2. The topological polar surface area (TPSA) is 71.2 Å². The molecule has 0 aliphatic rings. The molecule has 0 spiro atoms. The fraction of sp³-hybridized carbons (Fsp3) is 0.143. The lowest BCUT2D eigenvalue weighted by atomic mass is 10.2. The largest absolute Gasteiger partial charge is 0.573 e. The zero-order valence-electron chi connectivity index (χ0n) is 11.4. The Morgan fingerprint density at radius 3 is 2.48 bits per heavy atom. The monoisotopic (exact) mass is 346 g/mol. The predicted molar refractivity (Wildman–Crippen MR) is 76.4 cm³/mol. The Morgan fingerprint density at radius 1 is 1.26 bits per heavy atom. The Hall–Kier alpha value is -2.48. The molecule has 0 bridgehead atoms. The molecule has 0 fully saturated rings. The molecule has 2 rings (SSSR count). The lowest BCUT2D eigenvalue weighted by molar-refractivity contribution is -0.274. The van der Waals surface area contributed by atoms with Crippen molar-refractivity contribution in [2.75, 3.05) is 0 Å². The summed E-state index contributed by atoms with van der Waals surface area (Å²) in [6.07, 6.45) is -3.54. The molecule has 1 aromatic heterocycles. The van der Waals surface area contributed by atoms with Gasteiger partial charge in [-0.3, -0.25) is 9.59 Å². The van der Waals surface area contributed by atoms with Crippen molar-refractivity contribution < 1.29 is 22.7 Å². The van der Waals surface area contributed by atoms with E-state index in [0.29, 0.717) is 5.56 Å². The number of H-pyrrole nitrogens is 1. The van der Waals surface area contributed by atoms with Gasteiger partial charge < -0.3 is 15.0 Å². The summed E-state index contributed by atoms with van der Waals surface area (Å²) >= 11 is 5.62. The first-order valence-corrected chi connectivity index (χ1v) is 6.63. The van der Waals surface area contributed by atoms with Crippen LogP contribution in [0.15, 0.2) is 41.3 Å². The number of amides is 1. The fourth-order valence-electron chi connectivity index (χ4n) is 1.68. The second kappa shape index (κ2) is 6.74. The number of carbonyl (C=O) groups excluding carboxylic acids is 1. The zero-order chi connectivity index (χ0) is 17.0. The van der Waals surface area contributed by atoms with Crippen molar-refractivity contribution in [3.05, 3.63) is 63.0 Å². The molecular formula is C14H10ClF3N2O3. The zero-order valence-corrected chi connectivity index (χ0v) is 12.2. The number of aromatic nitrogens is 1. The van der Waals surface area contributed by atoms with Crippen LogP contribution >= 0.6 is 11.6 Å². The number of alkyl halides is 3. The number of ether oxygens (including phenoxy) is 1. The van der Waals surface area contributed by atoms with Crippen LogP contribution in [0.2, 0.25) is 5.02 Å². The number of carbonyl (C=O) groups is 1. The van der Waals surface area contributed by atoms with E-state index in [1.54, 1.807) is 0 Å². The molecule has 1 aromatic carbocycles. The van der Waals surface area contributed by atoms with Crippen molar-refractivity contribution in [3.63, 3.8) is 0 Å². The van der Waals surface area contributed by atoms with Crippen molar-refractivity contribution >= 4 is 17.5 Å². The van der Waals surface area contributed by atoms with E-state index in [9.17, 15) is 22.8 Å². The van der Waals surface area contributed by atoms with Gasteiger partial charge in [0.15, 0.2) is 0 Å². The van der Waals surface area contributed by atoms with Crippen LogP contribution in [0.4, 0.5) is 13.2 Å². The molecule has 0 saturated carbocycles. The first-order chi connectivity index (χ1) is 10.7. The summed E-state index contributed by atoms with van der Waals surface area (Å²) in [5.74, 6) is -0.834. The minimum Gasteiger partial charge on any atom is -0.406 e. The molecule has 5 nitrogen and oxygen atoms in total. The van der Waals surface area contributed by atoms with E-state index in [0.717, 1.165) is 12.1 Å². The molecule has 122 valence electrons. The van der Waals surface area contributed by atoms with Crippen LogP contribution in [0.1, 0.15) is 15.9 Å². The van der Waals surface area contributed by atoms with Gasteiger partial charge in [-0.05, 0) is 23.8 Å². The fourth-order valence-corrected chi connectivity index (χ4v) is 1.85. The van der Waals surface area contributed by atoms with Gasteiger partial charge in [0.25, 0.3) is 11.5 Å². The highest BCUT2D eigenvalue weighted by atomic mass is 35.5. The molecule has 0 radical (unpaired) electrons. The second-order valence-electron chi connectivity index (χ2n) is 4.44. The normalized spacial score (nSPS) is 11.1. The number of aromatic amines is 1. The maximum atomic E-state index is 12.0. The lowest BCUT2D eigenvalue weighted by Gasteiger charge is -2.10. The first-order valence-electron chi connectivity index (χ1n) is 6.26. The van der Waals surface area contributed by atoms with Gasteiger partial charge in [-0.2, -0.15) is 0 Å². The van der Waals surface area contributed by atoms with E-state index < -0.39 is 17.8 Å². The number of rotatable bonds is 4. The maximum Gasteiger partial charge on any atom is 0.573 e. The van der Waals surface area contributed by atoms with Gasteiger partial charge in [0.1, 0.15) is 10.8 Å². The Morgan fingerprint density at radius 2 is 1.91 bits per heavy atom. The van der Waals surface area contributed by atoms with Crippen molar-refractivity contribution in [1.29, 1.82) is 0 Å². The summed E-state index contributed by atoms with van der Waals surface area (Å²) in [4.78, 5) is 25.3. The van der Waals surface area contributed by atoms with Crippen LogP contribution < -0.4 is 15.6 Å². The summed E-state index contributed by atoms with van der Waals surface area (Å²) in [5, 5.41) is 2.43. The molecule has 1 amide bonds. The third kappa shape index (κ3) is 5.03. The summed E-state index contributed by atoms with van der Waals surface area (Å²) in [7, 11) is 0. The van der Waals surface area contributed by atoms with Crippen LogP contribution in [-0.4, -0.2) is 17.3 Å². The molecule has 1 heterocycles. The van der Waals surface area contributed by atoms with Crippen LogP contribution in [0.25, 0.3) is 0 Å². The maximum absolute atomic E-state index is 12.0. The number of hydrogen-bond acceptors (Lipinski definition) is 3. The van der Waals surface area contributed by atoms with E-state index in [1.165, 1.54) is 24.4 Å². The second-order valence-corrected chi connectivity index (χ2v) is 4.85. The summed E-state index contributed by atoms with van der Waals surface area (Å²) in [5.41, 5.74) is 0.221. The van der Waals surface area contributed by atoms with Gasteiger partial charge in [0.2, 0.25) is 0 Å². The van der Waals surface area contributed by atoms with Gasteiger partial charge in [0, 0.05) is 12.7 Å². The Balaban J connectivity index is 1.96. The van der Waals surface area contributed by atoms with Gasteiger partial charge in [0.05, 0.1) is 5.56 Å². The number of nitrogens with one attached hydrogen (secondary N) is 2. The highest BCUT2D eigenvalue weighted by Gasteiger charge is 2.30. The number of halogens is 4. The number of benzene rings is 1. The molecule has 0 aliphatic carbocycles. The third-order valence-electron chi connectivity index (χ3n) is 2.73. The Kier molecular flexibility index (Phi) is 4.95. The predicted octanol–water partition coefficient (Wildman–Crippen LogP) is 2.86. The average molecular weight is 347 g/mol. The van der Waals surface area contributed by atoms with E-state index in [4.69, 9.17) is 11.6 Å². The molecule has 2 aromatic rings. The summed E-state index contributed by atoms with van der Waals surface area (Å²) < 4.78 is 39.8. The number of pyridine rings is 1. The molecule has 23 heavy (non-hydrogen) atoms. The average Bonchev–Trinajstić information content (AvgIpc) is 2.47. The highest BCUT2D eigenvalue weighted by Crippen LogP contribution is 2.22. The minimum atomic E-state index is -4.75. The third-order valence-corrected chi connectivity index (χ3v) is 3.01. The van der Waals surface area contributed by atoms with Crippen molar-refractivity contribution in [2.24, 2.45) is 0 Å². The van der Waals surface area contributed by atoms with E-state index in [-0.39, 0.29) is 22.9 Å². The Labute approximate surface area is 133 Å². The molecular weight excluding hydrogens is 337 g/mol. The van der Waals surface area contributed by atoms with Crippen LogP contribution in [0.5, 0.6) is 5.75 Å². The Bertz CT molecular complexity index is 757. The van der Waals surface area contributed by atoms with E-state index >= 15 is 0 Å². The molecule has 9 heteroatoms. The van der Waals surface area contributed by atoms with Crippen LogP contribution in [0.3, 0.4) is 0 Å². The van der Waals surface area contributed by atoms with Gasteiger partial charge in [-0.25, -0.2) is 0 Å². The first kappa shape index (κ1) is 16.9. The standard InChI is InChI=1S/C14H10ClF3N2O3/c15-11-5-9(7-20-13(11)22)12(21)19-6-8-1-3-10(4-2-8)23-14(16,17)18/h1-5,7H,6H2,(H,19,21)(H,20,22). The van der Waals surface area contributed by atoms with Gasteiger partial charge in [-0.15, -0.1) is 13.2 Å². The lowest BCUT2D eigenvalue weighted by Crippen LogP contribution is -2.24. The van der Waals surface area contributed by atoms with E-state index in [1.807, 2.05) is 0 Å². The van der Waals surface area contributed by atoms with Crippen molar-refractivity contribution in [2.45, 2.75) is 12.9 Å². The molecule has 0 atom stereocenters.